The quantitative estimate of drug-likeness (QED) is 0.285. The van der Waals surface area contributed by atoms with Gasteiger partial charge in [-0.3, -0.25) is 0 Å². The van der Waals surface area contributed by atoms with Crippen molar-refractivity contribution in [3.8, 4) is 6.07 Å². The van der Waals surface area contributed by atoms with Crippen LogP contribution in [-0.4, -0.2) is 28.9 Å². The molecular formula is C25H20F8N4O. The highest BCUT2D eigenvalue weighted by molar-refractivity contribution is 5.37. The van der Waals surface area contributed by atoms with Crippen molar-refractivity contribution in [1.29, 1.82) is 5.26 Å². The fourth-order valence-electron chi connectivity index (χ4n) is 3.71. The largest absolute Gasteiger partial charge is 0.430 e. The third-order valence-corrected chi connectivity index (χ3v) is 5.57. The molecule has 13 heteroatoms. The molecule has 5 nitrogen and oxygen atoms in total. The van der Waals surface area contributed by atoms with Gasteiger partial charge in [-0.15, -0.1) is 0 Å². The summed E-state index contributed by atoms with van der Waals surface area (Å²) in [7, 11) is 0. The second kappa shape index (κ2) is 11.3. The van der Waals surface area contributed by atoms with Gasteiger partial charge in [-0.1, -0.05) is 37.3 Å². The molecule has 0 saturated heterocycles. The number of nitriles is 1. The smallest absolute Gasteiger partial charge is 0.349 e. The van der Waals surface area contributed by atoms with Crippen LogP contribution < -0.4 is 4.90 Å². The van der Waals surface area contributed by atoms with E-state index in [2.05, 4.69) is 14.7 Å². The molecule has 0 aliphatic carbocycles. The Balaban J connectivity index is 1.97. The summed E-state index contributed by atoms with van der Waals surface area (Å²) in [6, 6.07) is 7.50. The minimum atomic E-state index is -6.03. The lowest BCUT2D eigenvalue weighted by Gasteiger charge is -2.37. The molecule has 3 rings (SSSR count). The first-order chi connectivity index (χ1) is 17.8. The van der Waals surface area contributed by atoms with E-state index in [-0.39, 0.29) is 18.1 Å². The second-order valence-corrected chi connectivity index (χ2v) is 8.17. The Bertz CT molecular complexity index is 1230. The highest BCUT2D eigenvalue weighted by atomic mass is 19.4. The summed E-state index contributed by atoms with van der Waals surface area (Å²) in [4.78, 5) is 9.77. The van der Waals surface area contributed by atoms with Crippen LogP contribution in [0.2, 0.25) is 0 Å². The fraction of sp³-hybridized carbons (Fsp3) is 0.320. The monoisotopic (exact) mass is 544 g/mol. The Kier molecular flexibility index (Phi) is 8.56. The number of nitrogens with zero attached hydrogens (tertiary/aromatic N) is 4. The Morgan fingerprint density at radius 2 is 1.45 bits per heavy atom. The van der Waals surface area contributed by atoms with Crippen molar-refractivity contribution in [2.45, 2.75) is 44.4 Å². The van der Waals surface area contributed by atoms with Crippen molar-refractivity contribution in [2.24, 2.45) is 0 Å². The maximum atomic E-state index is 14.1. The number of hydrogen-bond acceptors (Lipinski definition) is 5. The zero-order chi connectivity index (χ0) is 28.1. The van der Waals surface area contributed by atoms with Crippen LogP contribution in [0.4, 0.5) is 41.1 Å². The number of halogens is 8. The number of aromatic nitrogens is 2. The van der Waals surface area contributed by atoms with Crippen molar-refractivity contribution >= 4 is 5.95 Å². The lowest BCUT2D eigenvalue weighted by atomic mass is 9.90. The Morgan fingerprint density at radius 1 is 0.895 bits per heavy atom. The molecule has 0 spiro atoms. The molecule has 0 radical (unpaired) electrons. The Morgan fingerprint density at radius 3 is 1.92 bits per heavy atom. The van der Waals surface area contributed by atoms with Crippen LogP contribution in [-0.2, 0) is 23.5 Å². The maximum absolute atomic E-state index is 14.1. The zero-order valence-corrected chi connectivity index (χ0v) is 19.7. The van der Waals surface area contributed by atoms with Gasteiger partial charge in [0.2, 0.25) is 5.95 Å². The molecule has 0 atom stereocenters. The van der Waals surface area contributed by atoms with Crippen molar-refractivity contribution < 1.29 is 39.9 Å². The molecule has 0 bridgehead atoms. The Labute approximate surface area is 212 Å². The van der Waals surface area contributed by atoms with E-state index in [9.17, 15) is 35.1 Å². The van der Waals surface area contributed by atoms with Gasteiger partial charge >= 0.3 is 12.4 Å². The first-order valence-corrected chi connectivity index (χ1v) is 11.1. The molecule has 38 heavy (non-hydrogen) atoms. The molecule has 0 N–H and O–H groups in total. The average Bonchev–Trinajstić information content (AvgIpc) is 2.85. The van der Waals surface area contributed by atoms with Crippen LogP contribution in [0, 0.1) is 23.0 Å². The topological polar surface area (TPSA) is 62.0 Å². The summed E-state index contributed by atoms with van der Waals surface area (Å²) in [5.41, 5.74) is -6.70. The van der Waals surface area contributed by atoms with Crippen LogP contribution in [0.5, 0.6) is 0 Å². The molecule has 0 saturated carbocycles. The predicted molar refractivity (Wildman–Crippen MR) is 119 cm³/mol. The van der Waals surface area contributed by atoms with Crippen molar-refractivity contribution in [3.63, 3.8) is 0 Å². The summed E-state index contributed by atoms with van der Waals surface area (Å²) >= 11 is 0. The normalized spacial score (nSPS) is 12.3. The van der Waals surface area contributed by atoms with E-state index in [1.807, 2.05) is 13.0 Å². The summed E-state index contributed by atoms with van der Waals surface area (Å²) in [6.45, 7) is 0.655. The van der Waals surface area contributed by atoms with Crippen molar-refractivity contribution in [1.82, 2.24) is 9.97 Å². The highest BCUT2D eigenvalue weighted by Gasteiger charge is 2.73. The van der Waals surface area contributed by atoms with Crippen LogP contribution in [0.3, 0.4) is 0 Å². The SMILES string of the molecule is CCCN(Cc1ccc(C(OCc2c(F)cccc2F)(C(F)(F)F)C(F)(F)F)cc1)c1ncc(C#N)cn1. The van der Waals surface area contributed by atoms with Gasteiger partial charge in [-0.2, -0.15) is 31.6 Å². The van der Waals surface area contributed by atoms with Gasteiger partial charge in [0.1, 0.15) is 17.7 Å². The van der Waals surface area contributed by atoms with Gasteiger partial charge in [-0.05, 0) is 24.1 Å². The average molecular weight is 544 g/mol. The summed E-state index contributed by atoms with van der Waals surface area (Å²) in [5, 5.41) is 8.89. The lowest BCUT2D eigenvalue weighted by Crippen LogP contribution is -2.55. The molecule has 0 aliphatic rings. The van der Waals surface area contributed by atoms with Crippen molar-refractivity contribution in [3.05, 3.63) is 88.7 Å². The lowest BCUT2D eigenvalue weighted by molar-refractivity contribution is -0.392. The third kappa shape index (κ3) is 5.85. The molecular weight excluding hydrogens is 524 g/mol. The number of benzene rings is 2. The summed E-state index contributed by atoms with van der Waals surface area (Å²) < 4.78 is 117. The summed E-state index contributed by atoms with van der Waals surface area (Å²) in [5.74, 6) is -2.48. The summed E-state index contributed by atoms with van der Waals surface area (Å²) in [6.07, 6.45) is -8.87. The number of hydrogen-bond donors (Lipinski definition) is 0. The third-order valence-electron chi connectivity index (χ3n) is 5.57. The standard InChI is InChI=1S/C25H20F8N4O/c1-2-10-37(22-35-12-17(11-34)13-36-22)14-16-6-8-18(9-7-16)23(24(28,29)30,25(31,32)33)38-15-19-20(26)4-3-5-21(19)27/h3-9,12-13H,2,10,14-15H2,1H3. The van der Waals surface area contributed by atoms with Gasteiger partial charge in [0.25, 0.3) is 5.60 Å². The van der Waals surface area contributed by atoms with Gasteiger partial charge in [0, 0.05) is 24.2 Å². The first kappa shape index (κ1) is 28.8. The van der Waals surface area contributed by atoms with E-state index >= 15 is 0 Å². The van der Waals surface area contributed by atoms with E-state index in [0.29, 0.717) is 42.8 Å². The minimum Gasteiger partial charge on any atom is -0.349 e. The predicted octanol–water partition coefficient (Wildman–Crippen LogP) is 6.58. The van der Waals surface area contributed by atoms with Crippen LogP contribution >= 0.6 is 0 Å². The zero-order valence-electron chi connectivity index (χ0n) is 19.7. The van der Waals surface area contributed by atoms with Crippen molar-refractivity contribution in [2.75, 3.05) is 11.4 Å². The molecule has 1 aromatic heterocycles. The van der Waals surface area contributed by atoms with E-state index in [4.69, 9.17) is 5.26 Å². The number of rotatable bonds is 9. The number of alkyl halides is 6. The molecule has 0 amide bonds. The Hall–Kier alpha value is -3.79. The molecule has 202 valence electrons. The van der Waals surface area contributed by atoms with E-state index in [1.54, 1.807) is 4.90 Å². The maximum Gasteiger partial charge on any atom is 0.430 e. The highest BCUT2D eigenvalue weighted by Crippen LogP contribution is 2.53. The number of anilines is 1. The van der Waals surface area contributed by atoms with Gasteiger partial charge in [0.05, 0.1) is 24.6 Å². The van der Waals surface area contributed by atoms with E-state index in [1.165, 1.54) is 12.4 Å². The van der Waals surface area contributed by atoms with E-state index in [0.717, 1.165) is 18.2 Å². The second-order valence-electron chi connectivity index (χ2n) is 8.17. The minimum absolute atomic E-state index is 0.0341. The van der Waals surface area contributed by atoms with E-state index < -0.39 is 47.3 Å². The molecule has 2 aromatic carbocycles. The first-order valence-electron chi connectivity index (χ1n) is 11.1. The van der Waals surface area contributed by atoms with Gasteiger partial charge < -0.3 is 9.64 Å². The van der Waals surface area contributed by atoms with Crippen LogP contribution in [0.1, 0.15) is 35.6 Å². The molecule has 1 heterocycles. The molecule has 0 unspecified atom stereocenters. The van der Waals surface area contributed by atoms with Gasteiger partial charge in [0.15, 0.2) is 0 Å². The molecule has 3 aromatic rings. The molecule has 0 fully saturated rings. The van der Waals surface area contributed by atoms with Gasteiger partial charge in [-0.25, -0.2) is 18.7 Å². The van der Waals surface area contributed by atoms with Crippen LogP contribution in [0.25, 0.3) is 0 Å². The van der Waals surface area contributed by atoms with Crippen LogP contribution in [0.15, 0.2) is 54.9 Å². The fourth-order valence-corrected chi connectivity index (χ4v) is 3.71. The molecule has 0 aliphatic heterocycles. The number of ether oxygens (including phenoxy) is 1.